The summed E-state index contributed by atoms with van der Waals surface area (Å²) >= 11 is 0. The molecular weight excluding hydrogens is 308 g/mol. The van der Waals surface area contributed by atoms with Gasteiger partial charge < -0.3 is 20.1 Å². The molecule has 1 heterocycles. The SMILES string of the molecule is COc1cc(C)c([C@@H](C)NC(=O)Nc2c(C)n[nH]c2C)cc1OC. The van der Waals surface area contributed by atoms with E-state index in [0.29, 0.717) is 17.2 Å². The number of hydrogen-bond donors (Lipinski definition) is 3. The number of rotatable bonds is 5. The summed E-state index contributed by atoms with van der Waals surface area (Å²) in [5.74, 6) is 1.30. The van der Waals surface area contributed by atoms with E-state index in [1.54, 1.807) is 14.2 Å². The zero-order chi connectivity index (χ0) is 17.9. The molecule has 24 heavy (non-hydrogen) atoms. The third-order valence-corrected chi connectivity index (χ3v) is 3.95. The Morgan fingerprint density at radius 1 is 1.17 bits per heavy atom. The largest absolute Gasteiger partial charge is 0.493 e. The highest BCUT2D eigenvalue weighted by molar-refractivity contribution is 5.90. The number of H-pyrrole nitrogens is 1. The Labute approximate surface area is 141 Å². The standard InChI is InChI=1S/C17H24N4O3/c1-9-7-14(23-5)15(24-6)8-13(9)10(2)18-17(22)19-16-11(3)20-21-12(16)4/h7-8,10H,1-6H3,(H,20,21)(H2,18,19,22)/t10-/m1/s1. The van der Waals surface area contributed by atoms with Crippen molar-refractivity contribution in [2.24, 2.45) is 0 Å². The second-order valence-electron chi connectivity index (χ2n) is 5.69. The molecule has 7 heteroatoms. The zero-order valence-corrected chi connectivity index (χ0v) is 14.9. The van der Waals surface area contributed by atoms with E-state index in [9.17, 15) is 4.79 Å². The zero-order valence-electron chi connectivity index (χ0n) is 14.9. The number of nitrogens with one attached hydrogen (secondary N) is 3. The number of aromatic amines is 1. The molecule has 2 amide bonds. The van der Waals surface area contributed by atoms with Gasteiger partial charge in [0.1, 0.15) is 0 Å². The molecule has 0 bridgehead atoms. The van der Waals surface area contributed by atoms with E-state index in [-0.39, 0.29) is 12.1 Å². The maximum atomic E-state index is 12.3. The quantitative estimate of drug-likeness (QED) is 0.784. The van der Waals surface area contributed by atoms with Crippen molar-refractivity contribution in [2.45, 2.75) is 33.7 Å². The van der Waals surface area contributed by atoms with Crippen molar-refractivity contribution in [3.05, 3.63) is 34.6 Å². The number of aryl methyl sites for hydroxylation is 3. The highest BCUT2D eigenvalue weighted by atomic mass is 16.5. The molecule has 2 rings (SSSR count). The summed E-state index contributed by atoms with van der Waals surface area (Å²) in [5, 5.41) is 12.7. The van der Waals surface area contributed by atoms with Crippen molar-refractivity contribution in [2.75, 3.05) is 19.5 Å². The number of benzene rings is 1. The summed E-state index contributed by atoms with van der Waals surface area (Å²) in [6, 6.07) is 3.30. The number of ether oxygens (including phenoxy) is 2. The number of hydrogen-bond acceptors (Lipinski definition) is 4. The van der Waals surface area contributed by atoms with E-state index in [4.69, 9.17) is 9.47 Å². The molecule has 0 saturated carbocycles. The number of aromatic nitrogens is 2. The third-order valence-electron chi connectivity index (χ3n) is 3.95. The van der Waals surface area contributed by atoms with Gasteiger partial charge in [0.25, 0.3) is 0 Å². The van der Waals surface area contributed by atoms with Crippen LogP contribution < -0.4 is 20.1 Å². The van der Waals surface area contributed by atoms with E-state index >= 15 is 0 Å². The van der Waals surface area contributed by atoms with Gasteiger partial charge in [-0.05, 0) is 51.0 Å². The lowest BCUT2D eigenvalue weighted by Crippen LogP contribution is -2.31. The van der Waals surface area contributed by atoms with Crippen LogP contribution in [0.2, 0.25) is 0 Å². The number of carbonyl (C=O) groups excluding carboxylic acids is 1. The van der Waals surface area contributed by atoms with E-state index in [2.05, 4.69) is 20.8 Å². The smallest absolute Gasteiger partial charge is 0.319 e. The summed E-state index contributed by atoms with van der Waals surface area (Å²) < 4.78 is 10.6. The van der Waals surface area contributed by atoms with Crippen molar-refractivity contribution >= 4 is 11.7 Å². The van der Waals surface area contributed by atoms with E-state index in [1.807, 2.05) is 39.8 Å². The van der Waals surface area contributed by atoms with Crippen molar-refractivity contribution < 1.29 is 14.3 Å². The van der Waals surface area contributed by atoms with Gasteiger partial charge in [-0.1, -0.05) is 0 Å². The first-order valence-corrected chi connectivity index (χ1v) is 7.69. The lowest BCUT2D eigenvalue weighted by atomic mass is 10.0. The van der Waals surface area contributed by atoms with Gasteiger partial charge in [0.05, 0.1) is 37.3 Å². The molecule has 0 saturated heterocycles. The Morgan fingerprint density at radius 2 is 1.79 bits per heavy atom. The average molecular weight is 332 g/mol. The molecule has 130 valence electrons. The van der Waals surface area contributed by atoms with Crippen LogP contribution in [0.1, 0.15) is 35.5 Å². The molecule has 1 aromatic heterocycles. The Kier molecular flexibility index (Phi) is 5.33. The minimum Gasteiger partial charge on any atom is -0.493 e. The Hall–Kier alpha value is -2.70. The monoisotopic (exact) mass is 332 g/mol. The van der Waals surface area contributed by atoms with Crippen LogP contribution in [0.4, 0.5) is 10.5 Å². The number of nitrogens with zero attached hydrogens (tertiary/aromatic N) is 1. The molecule has 0 spiro atoms. The average Bonchev–Trinajstić information content (AvgIpc) is 2.86. The fraction of sp³-hybridized carbons (Fsp3) is 0.412. The summed E-state index contributed by atoms with van der Waals surface area (Å²) in [4.78, 5) is 12.3. The molecule has 7 nitrogen and oxygen atoms in total. The summed E-state index contributed by atoms with van der Waals surface area (Å²) in [6.07, 6.45) is 0. The van der Waals surface area contributed by atoms with Crippen molar-refractivity contribution in [1.29, 1.82) is 0 Å². The minimum atomic E-state index is -0.288. The van der Waals surface area contributed by atoms with Gasteiger partial charge in [0.15, 0.2) is 11.5 Å². The molecule has 2 aromatic rings. The number of urea groups is 1. The molecule has 3 N–H and O–H groups in total. The van der Waals surface area contributed by atoms with Crippen LogP contribution in [0.3, 0.4) is 0 Å². The molecule has 1 aromatic carbocycles. The predicted octanol–water partition coefficient (Wildman–Crippen LogP) is 3.23. The second-order valence-corrected chi connectivity index (χ2v) is 5.69. The first-order valence-electron chi connectivity index (χ1n) is 7.69. The van der Waals surface area contributed by atoms with Crippen molar-refractivity contribution in [1.82, 2.24) is 15.5 Å². The Bertz CT molecular complexity index is 720. The lowest BCUT2D eigenvalue weighted by molar-refractivity contribution is 0.249. The van der Waals surface area contributed by atoms with Gasteiger partial charge in [-0.15, -0.1) is 0 Å². The molecule has 0 aliphatic rings. The van der Waals surface area contributed by atoms with E-state index < -0.39 is 0 Å². The topological polar surface area (TPSA) is 88.3 Å². The van der Waals surface area contributed by atoms with Crippen LogP contribution in [-0.2, 0) is 0 Å². The van der Waals surface area contributed by atoms with Gasteiger partial charge >= 0.3 is 6.03 Å². The number of methoxy groups -OCH3 is 2. The number of amides is 2. The Balaban J connectivity index is 2.14. The van der Waals surface area contributed by atoms with Gasteiger partial charge in [0, 0.05) is 0 Å². The minimum absolute atomic E-state index is 0.197. The first-order chi connectivity index (χ1) is 11.4. The maximum absolute atomic E-state index is 12.3. The molecule has 0 aliphatic heterocycles. The molecule has 1 atom stereocenters. The maximum Gasteiger partial charge on any atom is 0.319 e. The molecular formula is C17H24N4O3. The summed E-state index contributed by atoms with van der Waals surface area (Å²) in [6.45, 7) is 7.58. The van der Waals surface area contributed by atoms with E-state index in [1.165, 1.54) is 0 Å². The molecule has 0 unspecified atom stereocenters. The van der Waals surface area contributed by atoms with Crippen LogP contribution in [0.15, 0.2) is 12.1 Å². The van der Waals surface area contributed by atoms with Crippen LogP contribution in [0, 0.1) is 20.8 Å². The van der Waals surface area contributed by atoms with Gasteiger partial charge in [-0.2, -0.15) is 5.10 Å². The number of anilines is 1. The van der Waals surface area contributed by atoms with Gasteiger partial charge in [0.2, 0.25) is 0 Å². The first kappa shape index (κ1) is 17.7. The van der Waals surface area contributed by atoms with Crippen LogP contribution in [0.25, 0.3) is 0 Å². The summed E-state index contributed by atoms with van der Waals surface area (Å²) in [5.41, 5.74) is 4.23. The van der Waals surface area contributed by atoms with E-state index in [0.717, 1.165) is 22.5 Å². The van der Waals surface area contributed by atoms with Gasteiger partial charge in [-0.3, -0.25) is 5.10 Å². The predicted molar refractivity (Wildman–Crippen MR) is 92.9 cm³/mol. The van der Waals surface area contributed by atoms with Crippen LogP contribution in [0.5, 0.6) is 11.5 Å². The van der Waals surface area contributed by atoms with Crippen molar-refractivity contribution in [3.8, 4) is 11.5 Å². The van der Waals surface area contributed by atoms with Crippen LogP contribution >= 0.6 is 0 Å². The molecule has 0 aliphatic carbocycles. The fourth-order valence-corrected chi connectivity index (χ4v) is 2.62. The number of carbonyl (C=O) groups is 1. The van der Waals surface area contributed by atoms with Crippen LogP contribution in [-0.4, -0.2) is 30.4 Å². The van der Waals surface area contributed by atoms with Gasteiger partial charge in [-0.25, -0.2) is 4.79 Å². The highest BCUT2D eigenvalue weighted by Crippen LogP contribution is 2.32. The lowest BCUT2D eigenvalue weighted by Gasteiger charge is -2.19. The highest BCUT2D eigenvalue weighted by Gasteiger charge is 2.17. The third kappa shape index (κ3) is 3.61. The Morgan fingerprint density at radius 3 is 2.33 bits per heavy atom. The second kappa shape index (κ2) is 7.25. The molecule has 0 radical (unpaired) electrons. The summed E-state index contributed by atoms with van der Waals surface area (Å²) in [7, 11) is 3.19. The molecule has 0 fully saturated rings. The normalized spacial score (nSPS) is 11.8. The van der Waals surface area contributed by atoms with Crippen molar-refractivity contribution in [3.63, 3.8) is 0 Å². The fourth-order valence-electron chi connectivity index (χ4n) is 2.62.